The van der Waals surface area contributed by atoms with Gasteiger partial charge in [0.1, 0.15) is 5.76 Å². The van der Waals surface area contributed by atoms with E-state index in [4.69, 9.17) is 9.15 Å². The van der Waals surface area contributed by atoms with Gasteiger partial charge in [-0.2, -0.15) is 0 Å². The molecule has 0 unspecified atom stereocenters. The van der Waals surface area contributed by atoms with Crippen LogP contribution in [-0.4, -0.2) is 87.8 Å². The van der Waals surface area contributed by atoms with Gasteiger partial charge in [-0.15, -0.1) is 0 Å². The van der Waals surface area contributed by atoms with Gasteiger partial charge in [0, 0.05) is 46.9 Å². The van der Waals surface area contributed by atoms with E-state index in [1.54, 1.807) is 7.11 Å². The van der Waals surface area contributed by atoms with Crippen LogP contribution >= 0.6 is 0 Å². The SMILES string of the molecule is CN=C(NCCN(C)CCCOC)NCC1CCN(Cc2nc(C)c(C)o2)CC1. The average Bonchev–Trinajstić information content (AvgIpc) is 3.02. The molecule has 1 saturated heterocycles. The molecule has 0 radical (unpaired) electrons. The predicted molar refractivity (Wildman–Crippen MR) is 117 cm³/mol. The molecule has 2 heterocycles. The van der Waals surface area contributed by atoms with E-state index < -0.39 is 0 Å². The molecule has 29 heavy (non-hydrogen) atoms. The molecule has 0 spiro atoms. The Morgan fingerprint density at radius 3 is 2.66 bits per heavy atom. The van der Waals surface area contributed by atoms with Crippen LogP contribution < -0.4 is 10.6 Å². The summed E-state index contributed by atoms with van der Waals surface area (Å²) in [6.45, 7) is 11.7. The van der Waals surface area contributed by atoms with E-state index in [9.17, 15) is 0 Å². The molecule has 0 atom stereocenters. The minimum absolute atomic E-state index is 0.676. The fraction of sp³-hybridized carbons (Fsp3) is 0.810. The number of guanidine groups is 1. The van der Waals surface area contributed by atoms with Crippen LogP contribution in [-0.2, 0) is 11.3 Å². The summed E-state index contributed by atoms with van der Waals surface area (Å²) < 4.78 is 10.8. The normalized spacial score (nSPS) is 16.6. The number of ether oxygens (including phenoxy) is 1. The van der Waals surface area contributed by atoms with Gasteiger partial charge in [0.25, 0.3) is 0 Å². The molecule has 1 aromatic rings. The van der Waals surface area contributed by atoms with Crippen molar-refractivity contribution in [2.75, 3.05) is 67.1 Å². The summed E-state index contributed by atoms with van der Waals surface area (Å²) in [5.41, 5.74) is 0.999. The number of nitrogens with zero attached hydrogens (tertiary/aromatic N) is 4. The molecule has 0 saturated carbocycles. The smallest absolute Gasteiger partial charge is 0.208 e. The molecule has 8 heteroatoms. The van der Waals surface area contributed by atoms with Crippen LogP contribution in [0.4, 0.5) is 0 Å². The van der Waals surface area contributed by atoms with E-state index in [0.29, 0.717) is 5.92 Å². The van der Waals surface area contributed by atoms with E-state index in [-0.39, 0.29) is 0 Å². The number of hydrogen-bond donors (Lipinski definition) is 2. The maximum atomic E-state index is 5.72. The standard InChI is InChI=1S/C21H40N6O2/c1-17-18(2)29-20(25-17)16-27-11-7-19(8-12-27)15-24-21(22-3)23-9-13-26(4)10-6-14-28-5/h19H,6-16H2,1-5H3,(H2,22,23,24). The van der Waals surface area contributed by atoms with Gasteiger partial charge in [-0.25, -0.2) is 4.98 Å². The lowest BCUT2D eigenvalue weighted by Gasteiger charge is -2.31. The fourth-order valence-corrected chi connectivity index (χ4v) is 3.56. The van der Waals surface area contributed by atoms with Gasteiger partial charge < -0.3 is 24.7 Å². The van der Waals surface area contributed by atoms with Crippen LogP contribution in [0.3, 0.4) is 0 Å². The zero-order valence-electron chi connectivity index (χ0n) is 19.0. The van der Waals surface area contributed by atoms with Crippen molar-refractivity contribution in [1.82, 2.24) is 25.4 Å². The largest absolute Gasteiger partial charge is 0.444 e. The van der Waals surface area contributed by atoms with Gasteiger partial charge in [-0.1, -0.05) is 0 Å². The fourth-order valence-electron chi connectivity index (χ4n) is 3.56. The lowest BCUT2D eigenvalue weighted by Crippen LogP contribution is -2.44. The minimum Gasteiger partial charge on any atom is -0.444 e. The van der Waals surface area contributed by atoms with Crippen LogP contribution in [0.2, 0.25) is 0 Å². The number of piperidine rings is 1. The number of aryl methyl sites for hydroxylation is 2. The Bertz CT molecular complexity index is 591. The molecule has 2 N–H and O–H groups in total. The quantitative estimate of drug-likeness (QED) is 0.327. The summed E-state index contributed by atoms with van der Waals surface area (Å²) in [5.74, 6) is 3.34. The number of aromatic nitrogens is 1. The maximum Gasteiger partial charge on any atom is 0.208 e. The second-order valence-corrected chi connectivity index (χ2v) is 8.00. The van der Waals surface area contributed by atoms with Gasteiger partial charge >= 0.3 is 0 Å². The Hall–Kier alpha value is -1.64. The average molecular weight is 409 g/mol. The third kappa shape index (κ3) is 8.72. The topological polar surface area (TPSA) is 78.2 Å². The second-order valence-electron chi connectivity index (χ2n) is 8.00. The molecule has 1 aliphatic rings. The molecule has 166 valence electrons. The summed E-state index contributed by atoms with van der Waals surface area (Å²) in [6.07, 6.45) is 3.43. The first-order valence-corrected chi connectivity index (χ1v) is 10.8. The van der Waals surface area contributed by atoms with Gasteiger partial charge in [0.15, 0.2) is 5.96 Å². The number of aliphatic imine (C=N–C) groups is 1. The molecule has 1 aromatic heterocycles. The third-order valence-electron chi connectivity index (χ3n) is 5.59. The van der Waals surface area contributed by atoms with Crippen molar-refractivity contribution in [3.8, 4) is 0 Å². The summed E-state index contributed by atoms with van der Waals surface area (Å²) >= 11 is 0. The van der Waals surface area contributed by atoms with Crippen molar-refractivity contribution in [3.05, 3.63) is 17.3 Å². The van der Waals surface area contributed by atoms with E-state index in [0.717, 1.165) is 82.1 Å². The Labute approximate surface area is 176 Å². The van der Waals surface area contributed by atoms with Crippen molar-refractivity contribution in [2.24, 2.45) is 10.9 Å². The summed E-state index contributed by atoms with van der Waals surface area (Å²) in [7, 11) is 5.72. The molecule has 0 aromatic carbocycles. The predicted octanol–water partition coefficient (Wildman–Crippen LogP) is 1.64. The highest BCUT2D eigenvalue weighted by Gasteiger charge is 2.21. The molecule has 0 aliphatic carbocycles. The molecule has 1 fully saturated rings. The second kappa shape index (κ2) is 12.8. The Morgan fingerprint density at radius 2 is 2.03 bits per heavy atom. The lowest BCUT2D eigenvalue weighted by atomic mass is 9.97. The van der Waals surface area contributed by atoms with Crippen LogP contribution in [0.1, 0.15) is 36.6 Å². The molecule has 0 bridgehead atoms. The molecule has 2 rings (SSSR count). The van der Waals surface area contributed by atoms with E-state index in [1.807, 2.05) is 20.9 Å². The van der Waals surface area contributed by atoms with Crippen molar-refractivity contribution < 1.29 is 9.15 Å². The van der Waals surface area contributed by atoms with Crippen molar-refractivity contribution in [3.63, 3.8) is 0 Å². The summed E-state index contributed by atoms with van der Waals surface area (Å²) in [4.78, 5) is 13.6. The van der Waals surface area contributed by atoms with Crippen LogP contribution in [0, 0.1) is 19.8 Å². The first-order valence-electron chi connectivity index (χ1n) is 10.8. The minimum atomic E-state index is 0.676. The number of likely N-dealkylation sites (tertiary alicyclic amines) is 1. The highest BCUT2D eigenvalue weighted by molar-refractivity contribution is 5.79. The Balaban J connectivity index is 1.59. The monoisotopic (exact) mass is 408 g/mol. The number of likely N-dealkylation sites (N-methyl/N-ethyl adjacent to an activating group) is 1. The first-order chi connectivity index (χ1) is 14.0. The van der Waals surface area contributed by atoms with Crippen molar-refractivity contribution >= 4 is 5.96 Å². The summed E-state index contributed by atoms with van der Waals surface area (Å²) in [5, 5.41) is 6.91. The molecular weight excluding hydrogens is 368 g/mol. The highest BCUT2D eigenvalue weighted by atomic mass is 16.5. The zero-order chi connectivity index (χ0) is 21.1. The molecule has 8 nitrogen and oxygen atoms in total. The van der Waals surface area contributed by atoms with Gasteiger partial charge in [0.2, 0.25) is 5.89 Å². The number of hydrogen-bond acceptors (Lipinski definition) is 6. The molecule has 1 aliphatic heterocycles. The first kappa shape index (κ1) is 23.6. The number of oxazole rings is 1. The maximum absolute atomic E-state index is 5.72. The molecule has 0 amide bonds. The number of nitrogens with one attached hydrogen (secondary N) is 2. The lowest BCUT2D eigenvalue weighted by molar-refractivity contribution is 0.164. The zero-order valence-corrected chi connectivity index (χ0v) is 19.0. The van der Waals surface area contributed by atoms with Crippen LogP contribution in [0.15, 0.2) is 9.41 Å². The molecular formula is C21H40N6O2. The summed E-state index contributed by atoms with van der Waals surface area (Å²) in [6, 6.07) is 0. The van der Waals surface area contributed by atoms with Gasteiger partial charge in [-0.3, -0.25) is 9.89 Å². The number of methoxy groups -OCH3 is 1. The van der Waals surface area contributed by atoms with Crippen LogP contribution in [0.5, 0.6) is 0 Å². The van der Waals surface area contributed by atoms with Crippen LogP contribution in [0.25, 0.3) is 0 Å². The van der Waals surface area contributed by atoms with Gasteiger partial charge in [-0.05, 0) is 59.2 Å². The Morgan fingerprint density at radius 1 is 1.28 bits per heavy atom. The third-order valence-corrected chi connectivity index (χ3v) is 5.59. The van der Waals surface area contributed by atoms with E-state index in [2.05, 4.69) is 37.5 Å². The van der Waals surface area contributed by atoms with Crippen molar-refractivity contribution in [2.45, 2.75) is 39.7 Å². The number of rotatable bonds is 11. The van der Waals surface area contributed by atoms with Crippen molar-refractivity contribution in [1.29, 1.82) is 0 Å². The highest BCUT2D eigenvalue weighted by Crippen LogP contribution is 2.19. The van der Waals surface area contributed by atoms with Gasteiger partial charge in [0.05, 0.1) is 12.2 Å². The van der Waals surface area contributed by atoms with E-state index in [1.165, 1.54) is 12.8 Å². The Kier molecular flexibility index (Phi) is 10.5. The van der Waals surface area contributed by atoms with E-state index >= 15 is 0 Å².